The van der Waals surface area contributed by atoms with Crippen LogP contribution in [0.25, 0.3) is 5.70 Å². The zero-order chi connectivity index (χ0) is 18.3. The molecule has 8 heteroatoms. The Morgan fingerprint density at radius 1 is 1.35 bits per heavy atom. The molecule has 0 spiro atoms. The van der Waals surface area contributed by atoms with E-state index in [4.69, 9.17) is 9.41 Å². The molecule has 0 saturated carbocycles. The van der Waals surface area contributed by atoms with Crippen LogP contribution in [0, 0.1) is 6.92 Å². The second-order valence-corrected chi connectivity index (χ2v) is 8.01. The largest absolute Gasteiger partial charge is 0.462 e. The number of aryl methyl sites for hydroxylation is 1. The van der Waals surface area contributed by atoms with Gasteiger partial charge in [0.2, 0.25) is 6.17 Å². The van der Waals surface area contributed by atoms with Crippen LogP contribution in [-0.4, -0.2) is 21.8 Å². The summed E-state index contributed by atoms with van der Waals surface area (Å²) >= 11 is 5.00. The minimum Gasteiger partial charge on any atom is -0.462 e. The molecule has 0 saturated heterocycles. The smallest absolute Gasteiger partial charge is 0.276 e. The number of amides is 1. The molecule has 2 aliphatic heterocycles. The number of hydrogen-bond acceptors (Lipinski definition) is 6. The van der Waals surface area contributed by atoms with Crippen LogP contribution in [0.1, 0.15) is 31.0 Å². The van der Waals surface area contributed by atoms with Crippen molar-refractivity contribution < 1.29 is 9.21 Å². The summed E-state index contributed by atoms with van der Waals surface area (Å²) in [5.74, 6) is 2.16. The molecule has 1 aromatic carbocycles. The van der Waals surface area contributed by atoms with Crippen LogP contribution in [0.15, 0.2) is 49.3 Å². The van der Waals surface area contributed by atoms with Crippen LogP contribution in [0.5, 0.6) is 0 Å². The number of halogens is 1. The Balaban J connectivity index is 1.92. The number of carbonyl (C=O) groups excluding carboxylic acids is 1. The quantitative estimate of drug-likeness (QED) is 0.808. The SMILES string of the molecule is CCCSC1=NN2C(=c3cc(Br)ccc3=N[C@H]2c2ccc(C)o2)C(=O)N1. The molecule has 1 atom stereocenters. The molecule has 1 aromatic heterocycles. The number of thioether (sulfide) groups is 1. The summed E-state index contributed by atoms with van der Waals surface area (Å²) in [6.45, 7) is 3.98. The highest BCUT2D eigenvalue weighted by Gasteiger charge is 2.35. The van der Waals surface area contributed by atoms with E-state index < -0.39 is 6.17 Å². The number of amidine groups is 1. The highest BCUT2D eigenvalue weighted by atomic mass is 79.9. The third-order valence-corrected chi connectivity index (χ3v) is 5.59. The van der Waals surface area contributed by atoms with Crippen molar-refractivity contribution in [2.45, 2.75) is 26.4 Å². The maximum atomic E-state index is 12.9. The minimum absolute atomic E-state index is 0.180. The molecule has 26 heavy (non-hydrogen) atoms. The number of nitrogens with zero attached hydrogens (tertiary/aromatic N) is 3. The third-order valence-electron chi connectivity index (χ3n) is 4.03. The highest BCUT2D eigenvalue weighted by molar-refractivity contribution is 9.10. The number of hydrogen-bond donors (Lipinski definition) is 1. The first kappa shape index (κ1) is 17.4. The molecule has 0 fully saturated rings. The van der Waals surface area contributed by atoms with Crippen molar-refractivity contribution in [1.29, 1.82) is 0 Å². The number of benzene rings is 1. The first-order valence-corrected chi connectivity index (χ1v) is 10.1. The Morgan fingerprint density at radius 3 is 2.92 bits per heavy atom. The molecule has 0 unspecified atom stereocenters. The van der Waals surface area contributed by atoms with E-state index in [1.54, 1.807) is 5.01 Å². The van der Waals surface area contributed by atoms with E-state index >= 15 is 0 Å². The lowest BCUT2D eigenvalue weighted by molar-refractivity contribution is -0.116. The van der Waals surface area contributed by atoms with Crippen molar-refractivity contribution in [2.24, 2.45) is 10.1 Å². The molecule has 0 radical (unpaired) electrons. The van der Waals surface area contributed by atoms with Crippen molar-refractivity contribution in [3.8, 4) is 0 Å². The van der Waals surface area contributed by atoms with Gasteiger partial charge in [-0.15, -0.1) is 5.10 Å². The zero-order valence-corrected chi connectivity index (χ0v) is 16.7. The number of rotatable bonds is 3. The maximum absolute atomic E-state index is 12.9. The first-order chi connectivity index (χ1) is 12.6. The third kappa shape index (κ3) is 3.07. The lowest BCUT2D eigenvalue weighted by Crippen LogP contribution is -2.50. The number of nitrogens with one attached hydrogen (secondary N) is 1. The summed E-state index contributed by atoms with van der Waals surface area (Å²) in [6.07, 6.45) is 0.493. The predicted molar refractivity (Wildman–Crippen MR) is 105 cm³/mol. The average molecular weight is 433 g/mol. The average Bonchev–Trinajstić information content (AvgIpc) is 3.05. The van der Waals surface area contributed by atoms with Gasteiger partial charge >= 0.3 is 0 Å². The molecule has 0 aliphatic carbocycles. The minimum atomic E-state index is -0.504. The summed E-state index contributed by atoms with van der Waals surface area (Å²) < 4.78 is 6.68. The first-order valence-electron chi connectivity index (χ1n) is 8.33. The van der Waals surface area contributed by atoms with Gasteiger partial charge in [0.15, 0.2) is 10.9 Å². The van der Waals surface area contributed by atoms with Crippen LogP contribution in [0.2, 0.25) is 0 Å². The second-order valence-electron chi connectivity index (χ2n) is 6.01. The molecule has 6 nitrogen and oxygen atoms in total. The van der Waals surface area contributed by atoms with Gasteiger partial charge in [0.25, 0.3) is 5.91 Å². The van der Waals surface area contributed by atoms with Gasteiger partial charge in [-0.2, -0.15) is 0 Å². The van der Waals surface area contributed by atoms with E-state index in [2.05, 4.69) is 33.3 Å². The summed E-state index contributed by atoms with van der Waals surface area (Å²) in [4.78, 5) is 17.7. The fraction of sp³-hybridized carbons (Fsp3) is 0.278. The zero-order valence-electron chi connectivity index (χ0n) is 14.3. The lowest BCUT2D eigenvalue weighted by Gasteiger charge is -2.32. The van der Waals surface area contributed by atoms with Crippen LogP contribution in [-0.2, 0) is 4.79 Å². The molecule has 2 aromatic rings. The van der Waals surface area contributed by atoms with Crippen LogP contribution in [0.3, 0.4) is 0 Å². The Hall–Kier alpha value is -2.06. The fourth-order valence-electron chi connectivity index (χ4n) is 2.89. The molecule has 0 bridgehead atoms. The number of furan rings is 1. The molecule has 4 rings (SSSR count). The van der Waals surface area contributed by atoms with Crippen LogP contribution >= 0.6 is 27.7 Å². The van der Waals surface area contributed by atoms with E-state index in [1.165, 1.54) is 11.8 Å². The number of hydrazone groups is 1. The normalized spacial score (nSPS) is 18.7. The van der Waals surface area contributed by atoms with Gasteiger partial charge in [-0.1, -0.05) is 34.6 Å². The van der Waals surface area contributed by atoms with Gasteiger partial charge in [-0.25, -0.2) is 10.0 Å². The molecule has 1 N–H and O–H groups in total. The van der Waals surface area contributed by atoms with Gasteiger partial charge in [0, 0.05) is 15.4 Å². The number of fused-ring (bicyclic) bond motifs is 2. The van der Waals surface area contributed by atoms with E-state index in [1.807, 2.05) is 37.3 Å². The lowest BCUT2D eigenvalue weighted by atomic mass is 10.1. The summed E-state index contributed by atoms with van der Waals surface area (Å²) in [7, 11) is 0. The van der Waals surface area contributed by atoms with E-state index in [9.17, 15) is 4.79 Å². The van der Waals surface area contributed by atoms with Gasteiger partial charge in [0.1, 0.15) is 11.5 Å². The molecule has 134 valence electrons. The topological polar surface area (TPSA) is 70.2 Å². The Bertz CT molecular complexity index is 1030. The molecular weight excluding hydrogens is 416 g/mol. The predicted octanol–water partition coefficient (Wildman–Crippen LogP) is 2.64. The van der Waals surface area contributed by atoms with Gasteiger partial charge in [-0.05, 0) is 43.7 Å². The Morgan fingerprint density at radius 2 is 2.19 bits per heavy atom. The molecule has 2 aliphatic rings. The van der Waals surface area contributed by atoms with Crippen molar-refractivity contribution >= 4 is 44.5 Å². The van der Waals surface area contributed by atoms with E-state index in [0.717, 1.165) is 33.0 Å². The fourth-order valence-corrected chi connectivity index (χ4v) is 3.96. The second kappa shape index (κ2) is 6.92. The highest BCUT2D eigenvalue weighted by Crippen LogP contribution is 2.31. The van der Waals surface area contributed by atoms with Gasteiger partial charge in [0.05, 0.1) is 5.36 Å². The van der Waals surface area contributed by atoms with Crippen LogP contribution < -0.4 is 15.9 Å². The van der Waals surface area contributed by atoms with Crippen molar-refractivity contribution in [1.82, 2.24) is 10.3 Å². The number of carbonyl (C=O) groups is 1. The summed E-state index contributed by atoms with van der Waals surface area (Å²) in [5.41, 5.74) is 0.483. The standard InChI is InChI=1S/C18H17BrN4O2S/c1-3-8-26-18-21-17(24)15-12-9-11(19)5-6-13(12)20-16(23(15)22-18)14-7-4-10(2)25-14/h4-7,9,16H,3,8H2,1-2H3,(H,21,22,24)/t16-/m1/s1. The van der Waals surface area contributed by atoms with E-state index in [0.29, 0.717) is 16.6 Å². The van der Waals surface area contributed by atoms with E-state index in [-0.39, 0.29) is 5.91 Å². The Labute approximate surface area is 163 Å². The maximum Gasteiger partial charge on any atom is 0.276 e. The summed E-state index contributed by atoms with van der Waals surface area (Å²) in [5, 5.41) is 11.3. The monoisotopic (exact) mass is 432 g/mol. The molecule has 3 heterocycles. The molecular formula is C18H17BrN4O2S. The van der Waals surface area contributed by atoms with Crippen LogP contribution in [0.4, 0.5) is 0 Å². The Kier molecular flexibility index (Phi) is 4.62. The summed E-state index contributed by atoms with van der Waals surface area (Å²) in [6, 6.07) is 9.47. The van der Waals surface area contributed by atoms with Crippen molar-refractivity contribution in [3.05, 3.63) is 56.9 Å². The van der Waals surface area contributed by atoms with Crippen molar-refractivity contribution in [2.75, 3.05) is 5.75 Å². The van der Waals surface area contributed by atoms with Gasteiger partial charge in [-0.3, -0.25) is 10.1 Å². The molecule has 1 amide bonds. The van der Waals surface area contributed by atoms with Gasteiger partial charge < -0.3 is 4.42 Å². The van der Waals surface area contributed by atoms with Crippen molar-refractivity contribution in [3.63, 3.8) is 0 Å².